The number of carbonyl (C=O) groups excluding carboxylic acids is 1. The Hall–Kier alpha value is -2.43. The molecular weight excluding hydrogens is 324 g/mol. The molecule has 4 nitrogen and oxygen atoms in total. The van der Waals surface area contributed by atoms with Crippen LogP contribution in [0.15, 0.2) is 60.7 Å². The van der Waals surface area contributed by atoms with Crippen molar-refractivity contribution in [3.63, 3.8) is 0 Å². The van der Waals surface area contributed by atoms with Gasteiger partial charge in [0, 0.05) is 6.08 Å². The lowest BCUT2D eigenvalue weighted by molar-refractivity contribution is -0.909. The third kappa shape index (κ3) is 5.55. The molecule has 3 rings (SSSR count). The first kappa shape index (κ1) is 18.4. The molecule has 2 aromatic rings. The predicted molar refractivity (Wildman–Crippen MR) is 104 cm³/mol. The van der Waals surface area contributed by atoms with E-state index < -0.39 is 0 Å². The Balaban J connectivity index is 1.66. The van der Waals surface area contributed by atoms with Crippen molar-refractivity contribution in [1.82, 2.24) is 5.32 Å². The second-order valence-corrected chi connectivity index (χ2v) is 6.78. The molecule has 0 aromatic heterocycles. The fraction of sp³-hybridized carbons (Fsp3) is 0.318. The van der Waals surface area contributed by atoms with E-state index in [1.807, 2.05) is 48.5 Å². The number of aryl methyl sites for hydroxylation is 1. The van der Waals surface area contributed by atoms with Crippen molar-refractivity contribution in [3.05, 3.63) is 77.4 Å². The monoisotopic (exact) mass is 351 g/mol. The van der Waals surface area contributed by atoms with E-state index in [1.165, 1.54) is 10.5 Å². The maximum atomic E-state index is 12.5. The SMILES string of the molecule is Cc1ccc(/C=C/C(=O)N[C@H](C[NH+]2CCOCC2)c2ccccc2)cc1. The minimum absolute atomic E-state index is 0.000493. The van der Waals surface area contributed by atoms with Gasteiger partial charge in [-0.3, -0.25) is 4.79 Å². The average molecular weight is 351 g/mol. The van der Waals surface area contributed by atoms with E-state index in [0.717, 1.165) is 44.0 Å². The quantitative estimate of drug-likeness (QED) is 0.779. The molecule has 0 bridgehead atoms. The van der Waals surface area contributed by atoms with Gasteiger partial charge < -0.3 is 15.0 Å². The lowest BCUT2D eigenvalue weighted by Gasteiger charge is -2.28. The Morgan fingerprint density at radius 1 is 1.12 bits per heavy atom. The second-order valence-electron chi connectivity index (χ2n) is 6.78. The number of rotatable bonds is 6. The smallest absolute Gasteiger partial charge is 0.244 e. The molecule has 26 heavy (non-hydrogen) atoms. The summed E-state index contributed by atoms with van der Waals surface area (Å²) in [4.78, 5) is 13.9. The summed E-state index contributed by atoms with van der Waals surface area (Å²) < 4.78 is 5.44. The van der Waals surface area contributed by atoms with Crippen molar-refractivity contribution < 1.29 is 14.4 Å². The van der Waals surface area contributed by atoms with Crippen LogP contribution in [0.25, 0.3) is 6.08 Å². The van der Waals surface area contributed by atoms with Crippen LogP contribution in [0.3, 0.4) is 0 Å². The molecule has 1 aliphatic rings. The van der Waals surface area contributed by atoms with E-state index in [2.05, 4.69) is 24.4 Å². The van der Waals surface area contributed by atoms with E-state index in [-0.39, 0.29) is 11.9 Å². The zero-order valence-electron chi connectivity index (χ0n) is 15.3. The van der Waals surface area contributed by atoms with Gasteiger partial charge in [-0.2, -0.15) is 0 Å². The summed E-state index contributed by atoms with van der Waals surface area (Å²) in [5.41, 5.74) is 3.38. The molecule has 0 aliphatic carbocycles. The summed E-state index contributed by atoms with van der Waals surface area (Å²) >= 11 is 0. The fourth-order valence-corrected chi connectivity index (χ4v) is 3.16. The fourth-order valence-electron chi connectivity index (χ4n) is 3.16. The highest BCUT2D eigenvalue weighted by atomic mass is 16.5. The van der Waals surface area contributed by atoms with E-state index in [9.17, 15) is 4.79 Å². The zero-order valence-corrected chi connectivity index (χ0v) is 15.3. The van der Waals surface area contributed by atoms with Crippen molar-refractivity contribution in [2.75, 3.05) is 32.8 Å². The van der Waals surface area contributed by atoms with Gasteiger partial charge in [-0.15, -0.1) is 0 Å². The molecule has 1 aliphatic heterocycles. The minimum Gasteiger partial charge on any atom is -0.370 e. The number of hydrogen-bond donors (Lipinski definition) is 2. The van der Waals surface area contributed by atoms with Crippen LogP contribution in [0.4, 0.5) is 0 Å². The van der Waals surface area contributed by atoms with Gasteiger partial charge in [-0.1, -0.05) is 60.2 Å². The van der Waals surface area contributed by atoms with Crippen LogP contribution in [-0.2, 0) is 9.53 Å². The Kier molecular flexibility index (Phi) is 6.58. The Morgan fingerprint density at radius 2 is 1.81 bits per heavy atom. The first-order valence-corrected chi connectivity index (χ1v) is 9.22. The molecule has 2 aromatic carbocycles. The van der Waals surface area contributed by atoms with Gasteiger partial charge in [0.15, 0.2) is 0 Å². The first-order valence-electron chi connectivity index (χ1n) is 9.22. The zero-order chi connectivity index (χ0) is 18.2. The van der Waals surface area contributed by atoms with Crippen molar-refractivity contribution in [1.29, 1.82) is 0 Å². The summed E-state index contributed by atoms with van der Waals surface area (Å²) in [5.74, 6) is -0.0629. The number of nitrogens with one attached hydrogen (secondary N) is 2. The highest BCUT2D eigenvalue weighted by molar-refractivity contribution is 5.92. The van der Waals surface area contributed by atoms with Crippen LogP contribution < -0.4 is 10.2 Å². The summed E-state index contributed by atoms with van der Waals surface area (Å²) in [5, 5.41) is 3.17. The Labute approximate surface area is 155 Å². The lowest BCUT2D eigenvalue weighted by atomic mass is 10.1. The van der Waals surface area contributed by atoms with E-state index in [4.69, 9.17) is 4.74 Å². The largest absolute Gasteiger partial charge is 0.370 e. The molecule has 1 amide bonds. The standard InChI is InChI=1S/C22H26N2O2/c1-18-7-9-19(10-8-18)11-12-22(25)23-21(20-5-3-2-4-6-20)17-24-13-15-26-16-14-24/h2-12,21H,13-17H2,1H3,(H,23,25)/p+1/b12-11+/t21-/m1/s1. The number of amides is 1. The minimum atomic E-state index is -0.0629. The summed E-state index contributed by atoms with van der Waals surface area (Å²) in [6.45, 7) is 6.48. The summed E-state index contributed by atoms with van der Waals surface area (Å²) in [6.07, 6.45) is 3.48. The van der Waals surface area contributed by atoms with E-state index >= 15 is 0 Å². The summed E-state index contributed by atoms with van der Waals surface area (Å²) in [7, 11) is 0. The number of hydrogen-bond acceptors (Lipinski definition) is 2. The van der Waals surface area contributed by atoms with Crippen LogP contribution in [0.1, 0.15) is 22.7 Å². The molecule has 1 fully saturated rings. The van der Waals surface area contributed by atoms with Gasteiger partial charge in [-0.05, 0) is 24.1 Å². The highest BCUT2D eigenvalue weighted by Crippen LogP contribution is 2.11. The number of ether oxygens (including phenoxy) is 1. The van der Waals surface area contributed by atoms with Crippen LogP contribution in [0.2, 0.25) is 0 Å². The Morgan fingerprint density at radius 3 is 2.50 bits per heavy atom. The van der Waals surface area contributed by atoms with Crippen LogP contribution in [-0.4, -0.2) is 38.8 Å². The van der Waals surface area contributed by atoms with Crippen molar-refractivity contribution in [2.45, 2.75) is 13.0 Å². The number of morpholine rings is 1. The van der Waals surface area contributed by atoms with Gasteiger partial charge in [0.2, 0.25) is 5.91 Å². The van der Waals surface area contributed by atoms with E-state index in [0.29, 0.717) is 0 Å². The third-order valence-electron chi connectivity index (χ3n) is 4.72. The normalized spacial score (nSPS) is 16.5. The van der Waals surface area contributed by atoms with Gasteiger partial charge in [0.05, 0.1) is 13.2 Å². The third-order valence-corrected chi connectivity index (χ3v) is 4.72. The van der Waals surface area contributed by atoms with Gasteiger partial charge >= 0.3 is 0 Å². The van der Waals surface area contributed by atoms with Crippen LogP contribution in [0.5, 0.6) is 0 Å². The molecule has 136 valence electrons. The maximum absolute atomic E-state index is 12.5. The first-order chi connectivity index (χ1) is 12.7. The molecule has 2 N–H and O–H groups in total. The molecule has 4 heteroatoms. The van der Waals surface area contributed by atoms with Crippen molar-refractivity contribution in [2.24, 2.45) is 0 Å². The molecule has 1 heterocycles. The summed E-state index contributed by atoms with van der Waals surface area (Å²) in [6, 6.07) is 18.3. The average Bonchev–Trinajstić information content (AvgIpc) is 2.68. The molecular formula is C22H27N2O2+. The van der Waals surface area contributed by atoms with Gasteiger partial charge in [-0.25, -0.2) is 0 Å². The topological polar surface area (TPSA) is 42.8 Å². The number of carbonyl (C=O) groups is 1. The maximum Gasteiger partial charge on any atom is 0.244 e. The van der Waals surface area contributed by atoms with E-state index in [1.54, 1.807) is 6.08 Å². The van der Waals surface area contributed by atoms with Crippen molar-refractivity contribution in [3.8, 4) is 0 Å². The van der Waals surface area contributed by atoms with Gasteiger partial charge in [0.25, 0.3) is 0 Å². The molecule has 0 saturated carbocycles. The van der Waals surface area contributed by atoms with Crippen molar-refractivity contribution >= 4 is 12.0 Å². The van der Waals surface area contributed by atoms with Crippen LogP contribution in [0, 0.1) is 6.92 Å². The van der Waals surface area contributed by atoms with Crippen LogP contribution >= 0.6 is 0 Å². The molecule has 0 radical (unpaired) electrons. The Bertz CT molecular complexity index is 720. The highest BCUT2D eigenvalue weighted by Gasteiger charge is 2.22. The lowest BCUT2D eigenvalue weighted by Crippen LogP contribution is -3.14. The predicted octanol–water partition coefficient (Wildman–Crippen LogP) is 1.78. The molecule has 0 spiro atoms. The molecule has 1 atom stereocenters. The number of quaternary nitrogens is 1. The van der Waals surface area contributed by atoms with Gasteiger partial charge in [0.1, 0.15) is 25.7 Å². The number of benzene rings is 2. The molecule has 1 saturated heterocycles. The second kappa shape index (κ2) is 9.32. The molecule has 0 unspecified atom stereocenters.